The van der Waals surface area contributed by atoms with Gasteiger partial charge >= 0.3 is 12.1 Å². The second-order valence-corrected chi connectivity index (χ2v) is 3.80. The van der Waals surface area contributed by atoms with Crippen LogP contribution in [0, 0.1) is 0 Å². The van der Waals surface area contributed by atoms with Crippen molar-refractivity contribution in [2.24, 2.45) is 0 Å². The van der Waals surface area contributed by atoms with E-state index < -0.39 is 0 Å². The average Bonchev–Trinajstić information content (AvgIpc) is 2.93. The zero-order valence-electron chi connectivity index (χ0n) is 9.02. The first-order chi connectivity index (χ1) is 8.22. The van der Waals surface area contributed by atoms with Crippen LogP contribution in [0.5, 0.6) is 0 Å². The molecule has 7 nitrogen and oxygen atoms in total. The Kier molecular flexibility index (Phi) is 3.48. The summed E-state index contributed by atoms with van der Waals surface area (Å²) in [6.07, 6.45) is 1.50. The van der Waals surface area contributed by atoms with Gasteiger partial charge in [0.1, 0.15) is 0 Å². The lowest BCUT2D eigenvalue weighted by Gasteiger charge is -2.09. The highest BCUT2D eigenvalue weighted by atomic mass is 35.5. The number of amides is 3. The van der Waals surface area contributed by atoms with Gasteiger partial charge in [0.25, 0.3) is 0 Å². The Bertz CT molecular complexity index is 433. The molecule has 0 aliphatic carbocycles. The van der Waals surface area contributed by atoms with E-state index >= 15 is 0 Å². The number of aromatic nitrogens is 2. The second kappa shape index (κ2) is 5.05. The van der Waals surface area contributed by atoms with Gasteiger partial charge in [-0.3, -0.25) is 4.90 Å². The van der Waals surface area contributed by atoms with Crippen LogP contribution in [0.4, 0.5) is 15.4 Å². The van der Waals surface area contributed by atoms with E-state index in [0.717, 1.165) is 4.68 Å². The standard InChI is InChI=1S/C9H12ClN5O2/c10-2-3-11-9(17)15-5-1-7(13-15)14-6-4-12-8(14)16/h1,5H,2-4,6H2,(H,11,17)(H,12,16). The predicted octanol–water partition coefficient (Wildman–Crippen LogP) is 0.209. The molecule has 0 bridgehead atoms. The molecule has 0 atom stereocenters. The molecule has 0 unspecified atom stereocenters. The molecule has 3 amide bonds. The average molecular weight is 258 g/mol. The fourth-order valence-electron chi connectivity index (χ4n) is 1.50. The van der Waals surface area contributed by atoms with Gasteiger partial charge in [0.15, 0.2) is 5.82 Å². The Labute approximate surface area is 103 Å². The van der Waals surface area contributed by atoms with Gasteiger partial charge in [-0.25, -0.2) is 9.59 Å². The number of alkyl halides is 1. The van der Waals surface area contributed by atoms with E-state index in [2.05, 4.69) is 15.7 Å². The summed E-state index contributed by atoms with van der Waals surface area (Å²) in [6.45, 7) is 1.52. The first-order valence-electron chi connectivity index (χ1n) is 5.17. The molecule has 2 N–H and O–H groups in total. The molecule has 1 aromatic rings. The molecule has 1 aliphatic rings. The van der Waals surface area contributed by atoms with Gasteiger partial charge in [-0.15, -0.1) is 16.7 Å². The number of carbonyl (C=O) groups excluding carboxylic acids is 2. The Morgan fingerprint density at radius 1 is 1.65 bits per heavy atom. The largest absolute Gasteiger partial charge is 0.342 e. The van der Waals surface area contributed by atoms with Crippen molar-refractivity contribution in [3.8, 4) is 0 Å². The van der Waals surface area contributed by atoms with E-state index in [9.17, 15) is 9.59 Å². The molecular formula is C9H12ClN5O2. The zero-order valence-corrected chi connectivity index (χ0v) is 9.78. The maximum absolute atomic E-state index is 11.5. The summed E-state index contributed by atoms with van der Waals surface area (Å²) in [5, 5.41) is 9.26. The molecule has 92 valence electrons. The molecule has 17 heavy (non-hydrogen) atoms. The van der Waals surface area contributed by atoms with Crippen LogP contribution in [0.25, 0.3) is 0 Å². The third-order valence-electron chi connectivity index (χ3n) is 2.29. The summed E-state index contributed by atoms with van der Waals surface area (Å²) in [7, 11) is 0. The number of nitrogens with zero attached hydrogens (tertiary/aromatic N) is 3. The quantitative estimate of drug-likeness (QED) is 0.760. The summed E-state index contributed by atoms with van der Waals surface area (Å²) in [5.74, 6) is 0.801. The van der Waals surface area contributed by atoms with Crippen molar-refractivity contribution in [2.75, 3.05) is 30.4 Å². The van der Waals surface area contributed by atoms with Crippen LogP contribution in [-0.4, -0.2) is 47.4 Å². The van der Waals surface area contributed by atoms with Crippen LogP contribution >= 0.6 is 11.6 Å². The van der Waals surface area contributed by atoms with Crippen LogP contribution in [0.2, 0.25) is 0 Å². The zero-order chi connectivity index (χ0) is 12.3. The molecule has 1 fully saturated rings. The van der Waals surface area contributed by atoms with E-state index in [4.69, 9.17) is 11.6 Å². The minimum absolute atomic E-state index is 0.198. The Balaban J connectivity index is 2.05. The number of nitrogens with one attached hydrogen (secondary N) is 2. The highest BCUT2D eigenvalue weighted by Gasteiger charge is 2.23. The van der Waals surface area contributed by atoms with E-state index in [1.807, 2.05) is 0 Å². The third kappa shape index (κ3) is 2.50. The van der Waals surface area contributed by atoms with Crippen molar-refractivity contribution >= 4 is 29.5 Å². The molecule has 1 saturated heterocycles. The molecule has 8 heteroatoms. The Hall–Kier alpha value is -1.76. The van der Waals surface area contributed by atoms with E-state index in [1.54, 1.807) is 6.07 Å². The second-order valence-electron chi connectivity index (χ2n) is 3.42. The summed E-state index contributed by atoms with van der Waals surface area (Å²) in [4.78, 5) is 24.4. The van der Waals surface area contributed by atoms with Gasteiger partial charge in [0.05, 0.1) is 0 Å². The monoisotopic (exact) mass is 257 g/mol. The molecule has 0 spiro atoms. The van der Waals surface area contributed by atoms with Crippen LogP contribution in [-0.2, 0) is 0 Å². The first-order valence-corrected chi connectivity index (χ1v) is 5.71. The molecule has 2 rings (SSSR count). The Morgan fingerprint density at radius 3 is 3.12 bits per heavy atom. The van der Waals surface area contributed by atoms with E-state index in [0.29, 0.717) is 31.3 Å². The summed E-state index contributed by atoms with van der Waals surface area (Å²) in [5.41, 5.74) is 0. The lowest BCUT2D eigenvalue weighted by molar-refractivity contribution is 0.240. The highest BCUT2D eigenvalue weighted by molar-refractivity contribution is 6.18. The molecule has 0 saturated carbocycles. The number of carbonyl (C=O) groups is 2. The van der Waals surface area contributed by atoms with Crippen LogP contribution < -0.4 is 15.5 Å². The van der Waals surface area contributed by atoms with Gasteiger partial charge in [-0.2, -0.15) is 4.68 Å². The fourth-order valence-corrected chi connectivity index (χ4v) is 1.59. The van der Waals surface area contributed by atoms with Crippen molar-refractivity contribution in [1.82, 2.24) is 20.4 Å². The summed E-state index contributed by atoms with van der Waals surface area (Å²) < 4.78 is 1.15. The van der Waals surface area contributed by atoms with Crippen molar-refractivity contribution < 1.29 is 9.59 Å². The van der Waals surface area contributed by atoms with Crippen LogP contribution in [0.15, 0.2) is 12.3 Å². The summed E-state index contributed by atoms with van der Waals surface area (Å²) >= 11 is 5.46. The number of halogens is 1. The van der Waals surface area contributed by atoms with E-state index in [-0.39, 0.29) is 12.1 Å². The van der Waals surface area contributed by atoms with Crippen molar-refractivity contribution in [2.45, 2.75) is 0 Å². The molecule has 0 radical (unpaired) electrons. The third-order valence-corrected chi connectivity index (χ3v) is 2.48. The highest BCUT2D eigenvalue weighted by Crippen LogP contribution is 2.12. The normalized spacial score (nSPS) is 14.9. The Morgan fingerprint density at radius 2 is 2.47 bits per heavy atom. The first kappa shape index (κ1) is 11.7. The molecule has 2 heterocycles. The SMILES string of the molecule is O=C1NCCN1c1ccn(C(=O)NCCCl)n1. The number of rotatable bonds is 3. The van der Waals surface area contributed by atoms with E-state index in [1.165, 1.54) is 11.1 Å². The molecule has 1 aliphatic heterocycles. The van der Waals surface area contributed by atoms with Crippen molar-refractivity contribution in [1.29, 1.82) is 0 Å². The lowest BCUT2D eigenvalue weighted by Crippen LogP contribution is -2.31. The molecule has 0 aromatic carbocycles. The fraction of sp³-hybridized carbons (Fsp3) is 0.444. The minimum atomic E-state index is -0.364. The minimum Gasteiger partial charge on any atom is -0.336 e. The maximum atomic E-state index is 11.5. The topological polar surface area (TPSA) is 79.3 Å². The number of urea groups is 1. The smallest absolute Gasteiger partial charge is 0.336 e. The van der Waals surface area contributed by atoms with Gasteiger partial charge in [-0.1, -0.05) is 0 Å². The number of hydrogen-bond acceptors (Lipinski definition) is 3. The summed E-state index contributed by atoms with van der Waals surface area (Å²) in [6, 6.07) is 1.05. The van der Waals surface area contributed by atoms with Crippen molar-refractivity contribution in [3.05, 3.63) is 12.3 Å². The van der Waals surface area contributed by atoms with Crippen LogP contribution in [0.1, 0.15) is 0 Å². The maximum Gasteiger partial charge on any atom is 0.342 e. The van der Waals surface area contributed by atoms with Gasteiger partial charge in [-0.05, 0) is 0 Å². The van der Waals surface area contributed by atoms with Gasteiger partial charge in [0, 0.05) is 37.8 Å². The molecule has 1 aromatic heterocycles. The molecular weight excluding hydrogens is 246 g/mol. The van der Waals surface area contributed by atoms with Crippen LogP contribution in [0.3, 0.4) is 0 Å². The van der Waals surface area contributed by atoms with Gasteiger partial charge in [0.2, 0.25) is 0 Å². The number of anilines is 1. The lowest BCUT2D eigenvalue weighted by atomic mass is 10.5. The number of hydrogen-bond donors (Lipinski definition) is 2. The van der Waals surface area contributed by atoms with Gasteiger partial charge < -0.3 is 10.6 Å². The van der Waals surface area contributed by atoms with Crippen molar-refractivity contribution in [3.63, 3.8) is 0 Å². The predicted molar refractivity (Wildman–Crippen MR) is 62.5 cm³/mol.